The third-order valence-electron chi connectivity index (χ3n) is 3.73. The van der Waals surface area contributed by atoms with E-state index in [2.05, 4.69) is 19.1 Å². The molecule has 1 aromatic rings. The van der Waals surface area contributed by atoms with Crippen LogP contribution in [0.2, 0.25) is 0 Å². The number of hydrogen-bond acceptors (Lipinski definition) is 4. The van der Waals surface area contributed by atoms with Gasteiger partial charge in [-0.2, -0.15) is 0 Å². The maximum absolute atomic E-state index is 12.1. The summed E-state index contributed by atoms with van der Waals surface area (Å²) in [5, 5.41) is 8.82. The minimum absolute atomic E-state index is 0.166. The van der Waals surface area contributed by atoms with Crippen molar-refractivity contribution in [3.63, 3.8) is 0 Å². The Hall–Kier alpha value is -1.40. The van der Waals surface area contributed by atoms with E-state index in [-0.39, 0.29) is 11.8 Å². The Morgan fingerprint density at radius 2 is 1.76 bits per heavy atom. The van der Waals surface area contributed by atoms with Gasteiger partial charge in [0.1, 0.15) is 6.61 Å². The van der Waals surface area contributed by atoms with Gasteiger partial charge in [-0.05, 0) is 31.9 Å². The van der Waals surface area contributed by atoms with Gasteiger partial charge in [-0.3, -0.25) is 9.59 Å². The summed E-state index contributed by atoms with van der Waals surface area (Å²) in [7, 11) is 0. The Morgan fingerprint density at radius 1 is 1.14 bits per heavy atom. The molecule has 1 aliphatic heterocycles. The highest BCUT2D eigenvalue weighted by molar-refractivity contribution is 7.11. The van der Waals surface area contributed by atoms with Crippen molar-refractivity contribution < 1.29 is 14.7 Å². The molecule has 0 spiro atoms. The topological polar surface area (TPSA) is 60.9 Å². The SMILES string of the molecule is Cc1ccc(CCCC(=O)N2CCN(C(=O)CO)CC2)s1. The predicted molar refractivity (Wildman–Crippen MR) is 82.2 cm³/mol. The van der Waals surface area contributed by atoms with Gasteiger partial charge in [0.05, 0.1) is 0 Å². The Labute approximate surface area is 129 Å². The van der Waals surface area contributed by atoms with Gasteiger partial charge in [-0.25, -0.2) is 0 Å². The second-order valence-electron chi connectivity index (χ2n) is 5.29. The lowest BCUT2D eigenvalue weighted by Gasteiger charge is -2.34. The fourth-order valence-corrected chi connectivity index (χ4v) is 3.43. The number of aliphatic hydroxyl groups is 1. The monoisotopic (exact) mass is 310 g/mol. The second kappa shape index (κ2) is 7.56. The van der Waals surface area contributed by atoms with Gasteiger partial charge in [0, 0.05) is 42.4 Å². The van der Waals surface area contributed by atoms with Crippen LogP contribution in [-0.4, -0.2) is 59.5 Å². The molecule has 0 aromatic carbocycles. The molecule has 21 heavy (non-hydrogen) atoms. The third kappa shape index (κ3) is 4.54. The molecule has 0 unspecified atom stereocenters. The van der Waals surface area contributed by atoms with Crippen LogP contribution in [0.1, 0.15) is 22.6 Å². The summed E-state index contributed by atoms with van der Waals surface area (Å²) in [5.74, 6) is -0.0884. The van der Waals surface area contributed by atoms with Crippen LogP contribution in [0.5, 0.6) is 0 Å². The number of nitrogens with zero attached hydrogens (tertiary/aromatic N) is 2. The highest BCUT2D eigenvalue weighted by Crippen LogP contribution is 2.17. The van der Waals surface area contributed by atoms with E-state index in [0.717, 1.165) is 12.8 Å². The molecule has 5 nitrogen and oxygen atoms in total. The fourth-order valence-electron chi connectivity index (χ4n) is 2.50. The molecule has 0 atom stereocenters. The van der Waals surface area contributed by atoms with Crippen LogP contribution < -0.4 is 0 Å². The van der Waals surface area contributed by atoms with E-state index in [0.29, 0.717) is 32.6 Å². The van der Waals surface area contributed by atoms with Gasteiger partial charge in [0.2, 0.25) is 11.8 Å². The van der Waals surface area contributed by atoms with Gasteiger partial charge in [0.15, 0.2) is 0 Å². The van der Waals surface area contributed by atoms with Gasteiger partial charge in [-0.15, -0.1) is 11.3 Å². The van der Waals surface area contributed by atoms with Crippen LogP contribution in [0, 0.1) is 6.92 Å². The molecule has 116 valence electrons. The van der Waals surface area contributed by atoms with E-state index in [4.69, 9.17) is 5.11 Å². The van der Waals surface area contributed by atoms with Crippen molar-refractivity contribution in [3.8, 4) is 0 Å². The molecule has 1 aliphatic rings. The number of carbonyl (C=O) groups excluding carboxylic acids is 2. The normalized spacial score (nSPS) is 15.3. The first-order valence-corrected chi connectivity index (χ1v) is 8.13. The molecule has 1 saturated heterocycles. The highest BCUT2D eigenvalue weighted by atomic mass is 32.1. The van der Waals surface area contributed by atoms with Crippen molar-refractivity contribution >= 4 is 23.2 Å². The van der Waals surface area contributed by atoms with Crippen LogP contribution >= 0.6 is 11.3 Å². The smallest absolute Gasteiger partial charge is 0.248 e. The molecular formula is C15H22N2O3S. The Kier molecular flexibility index (Phi) is 5.76. The van der Waals surface area contributed by atoms with Crippen molar-refractivity contribution in [1.82, 2.24) is 9.80 Å². The summed E-state index contributed by atoms with van der Waals surface area (Å²) < 4.78 is 0. The minimum Gasteiger partial charge on any atom is -0.387 e. The fraction of sp³-hybridized carbons (Fsp3) is 0.600. The van der Waals surface area contributed by atoms with Gasteiger partial charge >= 0.3 is 0 Å². The lowest BCUT2D eigenvalue weighted by Crippen LogP contribution is -2.51. The number of piperazine rings is 1. The summed E-state index contributed by atoms with van der Waals surface area (Å²) in [4.78, 5) is 29.5. The molecule has 2 amide bonds. The first-order valence-electron chi connectivity index (χ1n) is 7.32. The standard InChI is InChI=1S/C15H22N2O3S/c1-12-5-6-13(21-12)3-2-4-14(19)16-7-9-17(10-8-16)15(20)11-18/h5-6,18H,2-4,7-11H2,1H3. The zero-order valence-corrected chi connectivity index (χ0v) is 13.2. The first kappa shape index (κ1) is 16.0. The lowest BCUT2D eigenvalue weighted by atomic mass is 10.2. The molecule has 0 radical (unpaired) electrons. The maximum atomic E-state index is 12.1. The van der Waals surface area contributed by atoms with E-state index >= 15 is 0 Å². The predicted octanol–water partition coefficient (Wildman–Crippen LogP) is 1.04. The summed E-state index contributed by atoms with van der Waals surface area (Å²) in [5.41, 5.74) is 0. The molecular weight excluding hydrogens is 288 g/mol. The van der Waals surface area contributed by atoms with Crippen LogP contribution in [-0.2, 0) is 16.0 Å². The Bertz CT molecular complexity index is 493. The second-order valence-corrected chi connectivity index (χ2v) is 6.66. The van der Waals surface area contributed by atoms with Crippen LogP contribution in [0.15, 0.2) is 12.1 Å². The number of aryl methyl sites for hydroxylation is 2. The van der Waals surface area contributed by atoms with Crippen molar-refractivity contribution in [2.24, 2.45) is 0 Å². The van der Waals surface area contributed by atoms with E-state index in [1.54, 1.807) is 16.2 Å². The van der Waals surface area contributed by atoms with Gasteiger partial charge in [-0.1, -0.05) is 0 Å². The molecule has 1 aromatic heterocycles. The lowest BCUT2D eigenvalue weighted by molar-refractivity contribution is -0.141. The number of carbonyl (C=O) groups is 2. The number of hydrogen-bond donors (Lipinski definition) is 1. The number of thiophene rings is 1. The molecule has 0 bridgehead atoms. The molecule has 2 rings (SSSR count). The molecule has 1 N–H and O–H groups in total. The van der Waals surface area contributed by atoms with Crippen molar-refractivity contribution in [2.45, 2.75) is 26.2 Å². The zero-order chi connectivity index (χ0) is 15.2. The van der Waals surface area contributed by atoms with E-state index < -0.39 is 6.61 Å². The zero-order valence-electron chi connectivity index (χ0n) is 12.4. The van der Waals surface area contributed by atoms with Crippen LogP contribution in [0.4, 0.5) is 0 Å². The third-order valence-corrected chi connectivity index (χ3v) is 4.79. The number of aliphatic hydroxyl groups excluding tert-OH is 1. The van der Waals surface area contributed by atoms with E-state index in [1.807, 2.05) is 4.90 Å². The van der Waals surface area contributed by atoms with Gasteiger partial charge in [0.25, 0.3) is 0 Å². The summed E-state index contributed by atoms with van der Waals surface area (Å²) >= 11 is 1.79. The van der Waals surface area contributed by atoms with Crippen molar-refractivity contribution in [1.29, 1.82) is 0 Å². The minimum atomic E-state index is -0.450. The quantitative estimate of drug-likeness (QED) is 0.884. The first-order chi connectivity index (χ1) is 10.1. The summed E-state index contributed by atoms with van der Waals surface area (Å²) in [6, 6.07) is 4.24. The summed E-state index contributed by atoms with van der Waals surface area (Å²) in [6.45, 7) is 3.83. The summed E-state index contributed by atoms with van der Waals surface area (Å²) in [6.07, 6.45) is 2.38. The Morgan fingerprint density at radius 3 is 2.29 bits per heavy atom. The maximum Gasteiger partial charge on any atom is 0.248 e. The highest BCUT2D eigenvalue weighted by Gasteiger charge is 2.23. The number of rotatable bonds is 5. The molecule has 1 fully saturated rings. The van der Waals surface area contributed by atoms with Crippen LogP contribution in [0.25, 0.3) is 0 Å². The van der Waals surface area contributed by atoms with Gasteiger partial charge < -0.3 is 14.9 Å². The largest absolute Gasteiger partial charge is 0.387 e. The molecule has 0 aliphatic carbocycles. The van der Waals surface area contributed by atoms with E-state index in [1.165, 1.54) is 9.75 Å². The van der Waals surface area contributed by atoms with Crippen molar-refractivity contribution in [2.75, 3.05) is 32.8 Å². The van der Waals surface area contributed by atoms with Crippen molar-refractivity contribution in [3.05, 3.63) is 21.9 Å². The number of amides is 2. The average Bonchev–Trinajstić information content (AvgIpc) is 2.92. The van der Waals surface area contributed by atoms with E-state index in [9.17, 15) is 9.59 Å². The average molecular weight is 310 g/mol. The molecule has 6 heteroatoms. The molecule has 2 heterocycles. The Balaban J connectivity index is 1.69. The molecule has 0 saturated carbocycles. The van der Waals surface area contributed by atoms with Crippen LogP contribution in [0.3, 0.4) is 0 Å².